The van der Waals surface area contributed by atoms with Crippen LogP contribution in [0, 0.1) is 0 Å². The molecule has 21 heteroatoms. The van der Waals surface area contributed by atoms with Crippen LogP contribution >= 0.6 is 37.2 Å². The Labute approximate surface area is 167 Å². The van der Waals surface area contributed by atoms with Gasteiger partial charge in [-0.25, -0.2) is 4.79 Å². The average Bonchev–Trinajstić information content (AvgIpc) is 2.35. The zero-order valence-electron chi connectivity index (χ0n) is 12.5. The summed E-state index contributed by atoms with van der Waals surface area (Å²) in [6.07, 6.45) is -7.69. The van der Waals surface area contributed by atoms with Gasteiger partial charge >= 0.3 is 47.7 Å². The van der Waals surface area contributed by atoms with Crippen LogP contribution in [-0.4, -0.2) is 52.8 Å². The van der Waals surface area contributed by atoms with Crippen molar-refractivity contribution in [2.75, 3.05) is 0 Å². The normalized spacial score (nSPS) is 13.9. The van der Waals surface area contributed by atoms with Crippen molar-refractivity contribution < 1.29 is 75.8 Å². The Kier molecular flexibility index (Phi) is 12.8. The number of carboxylic acids is 1. The highest BCUT2D eigenvalue weighted by molar-refractivity contribution is 5.86. The Morgan fingerprint density at radius 3 is 0.897 bits per heavy atom. The van der Waals surface area contributed by atoms with E-state index in [0.29, 0.717) is 0 Å². The largest absolute Gasteiger partial charge is 0.477 e. The number of carboxylic acid groups (broad SMARTS) is 1. The molecule has 0 saturated heterocycles. The van der Waals surface area contributed by atoms with E-state index in [1.165, 1.54) is 0 Å². The quantitative estimate of drug-likeness (QED) is 0.414. The summed E-state index contributed by atoms with van der Waals surface area (Å²) >= 11 is 0. The molecule has 182 valence electrons. The molecule has 0 atom stereocenters. The zero-order chi connectivity index (χ0) is 21.1. The van der Waals surface area contributed by atoms with Crippen LogP contribution < -0.4 is 6.15 Å². The molecule has 0 aliphatic rings. The van der Waals surface area contributed by atoms with Gasteiger partial charge in [0.25, 0.3) is 0 Å². The summed E-state index contributed by atoms with van der Waals surface area (Å²) in [6, 6.07) is 0. The molecule has 0 heterocycles. The van der Waals surface area contributed by atoms with Gasteiger partial charge in [-0.1, -0.05) is 0 Å². The summed E-state index contributed by atoms with van der Waals surface area (Å²) in [5.74, 6) is -52.8. The minimum atomic E-state index is -8.47. The summed E-state index contributed by atoms with van der Waals surface area (Å²) in [7, 11) is 0. The van der Waals surface area contributed by atoms with E-state index >= 15 is 0 Å². The van der Waals surface area contributed by atoms with Crippen molar-refractivity contribution in [2.45, 2.75) is 41.7 Å². The molecule has 0 aliphatic carbocycles. The van der Waals surface area contributed by atoms with E-state index in [1.807, 2.05) is 0 Å². The molecule has 29 heavy (non-hydrogen) atoms. The fourth-order valence-corrected chi connectivity index (χ4v) is 1.10. The second-order valence-corrected chi connectivity index (χ2v) is 4.25. The van der Waals surface area contributed by atoms with Crippen molar-refractivity contribution in [3.05, 3.63) is 0 Å². The van der Waals surface area contributed by atoms with Gasteiger partial charge in [0.15, 0.2) is 0 Å². The lowest BCUT2D eigenvalue weighted by molar-refractivity contribution is -0.450. The van der Waals surface area contributed by atoms with E-state index in [-0.39, 0.29) is 43.4 Å². The monoisotopic (exact) mass is 539 g/mol. The smallest absolute Gasteiger partial charge is 0.460 e. The number of halogens is 18. The predicted molar refractivity (Wildman–Crippen MR) is 70.1 cm³/mol. The first-order valence-electron chi connectivity index (χ1n) is 5.01. The Hall–Kier alpha value is -0.750. The molecule has 0 amide bonds. The third-order valence-corrected chi connectivity index (χ3v) is 2.60. The Bertz CT molecular complexity index is 550. The molecule has 0 radical (unpaired) electrons. The number of hydrogen-bond acceptors (Lipinski definition) is 2. The SMILES string of the molecule is Cl.Cl.Cl.N.O=C(O)C(F)(F)C(F)(F)C(F)(F)C(F)(F)C(F)(F)C(F)(F)C(F)(F)F. The van der Waals surface area contributed by atoms with Crippen molar-refractivity contribution in [2.24, 2.45) is 0 Å². The van der Waals surface area contributed by atoms with Crippen LogP contribution in [0.3, 0.4) is 0 Å². The molecule has 0 aromatic carbocycles. The minimum Gasteiger partial charge on any atom is -0.477 e. The maximum atomic E-state index is 12.8. The standard InChI is InChI=1S/C8HF15O2.3ClH.H3N/c9-2(10,1(24)25)3(11,12)4(13,14)5(15,16)6(17,18)7(19,20)8(21,22)23;;;;/h(H,24,25);3*1H;1H3. The van der Waals surface area contributed by atoms with Crippen molar-refractivity contribution in [3.8, 4) is 0 Å². The molecular weight excluding hydrogens is 533 g/mol. The van der Waals surface area contributed by atoms with Crippen LogP contribution in [0.2, 0.25) is 0 Å². The first kappa shape index (κ1) is 38.8. The molecule has 0 aromatic rings. The van der Waals surface area contributed by atoms with Gasteiger partial charge in [-0.2, -0.15) is 65.9 Å². The molecule has 3 nitrogen and oxygen atoms in total. The summed E-state index contributed by atoms with van der Waals surface area (Å²) in [5, 5.41) is 7.57. The predicted octanol–water partition coefficient (Wildman–Crippen LogP) is 5.87. The molecule has 0 bridgehead atoms. The molecule has 0 spiro atoms. The van der Waals surface area contributed by atoms with Gasteiger partial charge in [-0.05, 0) is 0 Å². The average molecular weight is 540 g/mol. The van der Waals surface area contributed by atoms with E-state index in [0.717, 1.165) is 0 Å². The number of carbonyl (C=O) groups is 1. The highest BCUT2D eigenvalue weighted by Gasteiger charge is 2.94. The Balaban J connectivity index is -0.000000480. The topological polar surface area (TPSA) is 72.3 Å². The van der Waals surface area contributed by atoms with Crippen LogP contribution in [0.1, 0.15) is 0 Å². The Morgan fingerprint density at radius 2 is 0.690 bits per heavy atom. The van der Waals surface area contributed by atoms with Crippen molar-refractivity contribution in [3.63, 3.8) is 0 Å². The number of alkyl halides is 15. The third kappa shape index (κ3) is 4.95. The maximum Gasteiger partial charge on any atom is 0.460 e. The minimum absolute atomic E-state index is 0. The van der Waals surface area contributed by atoms with E-state index in [4.69, 9.17) is 5.11 Å². The van der Waals surface area contributed by atoms with Crippen LogP contribution in [0.25, 0.3) is 0 Å². The first-order valence-corrected chi connectivity index (χ1v) is 5.01. The number of hydrogen-bond donors (Lipinski definition) is 2. The van der Waals surface area contributed by atoms with Crippen molar-refractivity contribution >= 4 is 43.2 Å². The van der Waals surface area contributed by atoms with Gasteiger partial charge in [0.2, 0.25) is 0 Å². The van der Waals surface area contributed by atoms with Crippen LogP contribution in [0.4, 0.5) is 65.9 Å². The molecule has 0 fully saturated rings. The van der Waals surface area contributed by atoms with Crippen molar-refractivity contribution in [1.82, 2.24) is 6.15 Å². The van der Waals surface area contributed by atoms with Crippen LogP contribution in [-0.2, 0) is 4.79 Å². The Morgan fingerprint density at radius 1 is 0.483 bits per heavy atom. The fraction of sp³-hybridized carbons (Fsp3) is 0.875. The summed E-state index contributed by atoms with van der Waals surface area (Å²) in [4.78, 5) is 9.72. The van der Waals surface area contributed by atoms with Crippen LogP contribution in [0.5, 0.6) is 0 Å². The van der Waals surface area contributed by atoms with Gasteiger partial charge in [0.1, 0.15) is 0 Å². The van der Waals surface area contributed by atoms with Crippen molar-refractivity contribution in [1.29, 1.82) is 0 Å². The molecule has 0 aliphatic heterocycles. The summed E-state index contributed by atoms with van der Waals surface area (Å²) < 4.78 is 187. The second kappa shape index (κ2) is 9.59. The highest BCUT2D eigenvalue weighted by atomic mass is 35.5. The van der Waals surface area contributed by atoms with Crippen LogP contribution in [0.15, 0.2) is 0 Å². The first-order chi connectivity index (χ1) is 10.4. The lowest BCUT2D eigenvalue weighted by atomic mass is 9.91. The maximum absolute atomic E-state index is 12.8. The van der Waals surface area contributed by atoms with Gasteiger partial charge in [0.05, 0.1) is 0 Å². The molecule has 0 aromatic heterocycles. The van der Waals surface area contributed by atoms with Gasteiger partial charge in [-0.15, -0.1) is 37.2 Å². The lowest BCUT2D eigenvalue weighted by Crippen LogP contribution is -2.73. The van der Waals surface area contributed by atoms with Gasteiger partial charge in [0, 0.05) is 0 Å². The lowest BCUT2D eigenvalue weighted by Gasteiger charge is -2.40. The molecular formula is C8H7Cl3F15NO2. The molecule has 4 N–H and O–H groups in total. The van der Waals surface area contributed by atoms with E-state index in [2.05, 4.69) is 0 Å². The molecule has 0 saturated carbocycles. The zero-order valence-corrected chi connectivity index (χ0v) is 14.9. The van der Waals surface area contributed by atoms with Gasteiger partial charge in [-0.3, -0.25) is 0 Å². The number of aliphatic carboxylic acids is 1. The second-order valence-electron chi connectivity index (χ2n) is 4.25. The fourth-order valence-electron chi connectivity index (χ4n) is 1.10. The highest BCUT2D eigenvalue weighted by Crippen LogP contribution is 2.62. The van der Waals surface area contributed by atoms with E-state index in [9.17, 15) is 70.7 Å². The molecule has 0 rings (SSSR count). The summed E-state index contributed by atoms with van der Waals surface area (Å²) in [6.45, 7) is 0. The van der Waals surface area contributed by atoms with E-state index in [1.54, 1.807) is 0 Å². The van der Waals surface area contributed by atoms with Gasteiger partial charge < -0.3 is 11.3 Å². The van der Waals surface area contributed by atoms with E-state index < -0.39 is 47.7 Å². The third-order valence-electron chi connectivity index (χ3n) is 2.60. The number of rotatable bonds is 6. The summed E-state index contributed by atoms with van der Waals surface area (Å²) in [5.41, 5.74) is 0. The molecule has 0 unspecified atom stereocenters.